The molecule has 1 saturated carbocycles. The Hall–Kier alpha value is -2.01. The molecule has 0 bridgehead atoms. The molecule has 1 aliphatic rings. The standard InChI is InChI=1S/C18H24N2O3/c1-12-14-7-3-4-9-16(14)23-17(12)10-19-18(22)20(2)11-13-6-5-8-15(13)21/h3-4,7,9,13,15,21H,5-6,8,10-11H2,1-2H3,(H,19,22). The third-order valence-corrected chi connectivity index (χ3v) is 4.82. The highest BCUT2D eigenvalue weighted by Crippen LogP contribution is 2.26. The number of hydrogen-bond donors (Lipinski definition) is 2. The maximum absolute atomic E-state index is 12.2. The third-order valence-electron chi connectivity index (χ3n) is 4.82. The summed E-state index contributed by atoms with van der Waals surface area (Å²) >= 11 is 0. The van der Waals surface area contributed by atoms with Gasteiger partial charge in [0.15, 0.2) is 0 Å². The summed E-state index contributed by atoms with van der Waals surface area (Å²) in [4.78, 5) is 13.9. The van der Waals surface area contributed by atoms with E-state index in [9.17, 15) is 9.90 Å². The van der Waals surface area contributed by atoms with Crippen LogP contribution in [0, 0.1) is 12.8 Å². The van der Waals surface area contributed by atoms with Gasteiger partial charge in [-0.25, -0.2) is 4.79 Å². The highest BCUT2D eigenvalue weighted by molar-refractivity contribution is 5.82. The number of aryl methyl sites for hydroxylation is 1. The molecule has 1 aromatic heterocycles. The van der Waals surface area contributed by atoms with E-state index in [-0.39, 0.29) is 18.1 Å². The Balaban J connectivity index is 1.58. The van der Waals surface area contributed by atoms with Crippen molar-refractivity contribution in [3.63, 3.8) is 0 Å². The van der Waals surface area contributed by atoms with E-state index in [0.717, 1.165) is 41.6 Å². The lowest BCUT2D eigenvalue weighted by atomic mass is 10.1. The van der Waals surface area contributed by atoms with Crippen molar-refractivity contribution in [3.8, 4) is 0 Å². The largest absolute Gasteiger partial charge is 0.459 e. The number of rotatable bonds is 4. The van der Waals surface area contributed by atoms with Crippen molar-refractivity contribution < 1.29 is 14.3 Å². The zero-order valence-corrected chi connectivity index (χ0v) is 13.7. The smallest absolute Gasteiger partial charge is 0.317 e. The van der Waals surface area contributed by atoms with Crippen LogP contribution >= 0.6 is 0 Å². The Bertz CT molecular complexity index is 695. The van der Waals surface area contributed by atoms with Gasteiger partial charge in [-0.1, -0.05) is 24.6 Å². The van der Waals surface area contributed by atoms with Gasteiger partial charge in [-0.2, -0.15) is 0 Å². The first-order chi connectivity index (χ1) is 11.1. The van der Waals surface area contributed by atoms with Crippen LogP contribution < -0.4 is 5.32 Å². The molecule has 1 heterocycles. The van der Waals surface area contributed by atoms with Crippen molar-refractivity contribution in [1.82, 2.24) is 10.2 Å². The minimum atomic E-state index is -0.275. The monoisotopic (exact) mass is 316 g/mol. The summed E-state index contributed by atoms with van der Waals surface area (Å²) in [6.07, 6.45) is 2.60. The Morgan fingerprint density at radius 3 is 2.87 bits per heavy atom. The lowest BCUT2D eigenvalue weighted by molar-refractivity contribution is 0.113. The minimum Gasteiger partial charge on any atom is -0.459 e. The Morgan fingerprint density at radius 1 is 1.39 bits per heavy atom. The van der Waals surface area contributed by atoms with E-state index in [1.807, 2.05) is 31.2 Å². The molecule has 5 nitrogen and oxygen atoms in total. The maximum Gasteiger partial charge on any atom is 0.317 e. The van der Waals surface area contributed by atoms with E-state index in [1.165, 1.54) is 0 Å². The molecule has 0 aliphatic heterocycles. The molecular formula is C18H24N2O3. The van der Waals surface area contributed by atoms with E-state index in [4.69, 9.17) is 4.42 Å². The molecule has 124 valence electrons. The molecule has 2 unspecified atom stereocenters. The second kappa shape index (κ2) is 6.62. The summed E-state index contributed by atoms with van der Waals surface area (Å²) in [6, 6.07) is 7.74. The van der Waals surface area contributed by atoms with Crippen LogP contribution in [0.3, 0.4) is 0 Å². The summed E-state index contributed by atoms with van der Waals surface area (Å²) in [5, 5.41) is 13.9. The van der Waals surface area contributed by atoms with Crippen LogP contribution in [0.4, 0.5) is 4.79 Å². The van der Waals surface area contributed by atoms with Crippen LogP contribution in [0.5, 0.6) is 0 Å². The molecule has 3 rings (SSSR count). The fourth-order valence-electron chi connectivity index (χ4n) is 3.35. The Morgan fingerprint density at radius 2 is 2.17 bits per heavy atom. The molecule has 2 amide bonds. The average molecular weight is 316 g/mol. The van der Waals surface area contributed by atoms with E-state index in [0.29, 0.717) is 13.1 Å². The van der Waals surface area contributed by atoms with Crippen molar-refractivity contribution in [2.75, 3.05) is 13.6 Å². The van der Waals surface area contributed by atoms with Gasteiger partial charge in [-0.15, -0.1) is 0 Å². The first-order valence-corrected chi connectivity index (χ1v) is 8.20. The van der Waals surface area contributed by atoms with Crippen LogP contribution in [0.15, 0.2) is 28.7 Å². The van der Waals surface area contributed by atoms with Crippen molar-refractivity contribution in [3.05, 3.63) is 35.6 Å². The number of nitrogens with zero attached hydrogens (tertiary/aromatic N) is 1. The second-order valence-electron chi connectivity index (χ2n) is 6.44. The predicted molar refractivity (Wildman–Crippen MR) is 89.2 cm³/mol. The average Bonchev–Trinajstić information content (AvgIpc) is 3.09. The topological polar surface area (TPSA) is 65.7 Å². The number of benzene rings is 1. The van der Waals surface area contributed by atoms with Crippen LogP contribution in [-0.4, -0.2) is 35.7 Å². The van der Waals surface area contributed by atoms with E-state index in [2.05, 4.69) is 5.32 Å². The first kappa shape index (κ1) is 15.9. The molecule has 1 aromatic carbocycles. The number of para-hydroxylation sites is 1. The molecule has 1 aliphatic carbocycles. The number of urea groups is 1. The number of aliphatic hydroxyl groups is 1. The lowest BCUT2D eigenvalue weighted by Crippen LogP contribution is -2.40. The van der Waals surface area contributed by atoms with Gasteiger partial charge in [-0.05, 0) is 25.8 Å². The molecular weight excluding hydrogens is 292 g/mol. The second-order valence-corrected chi connectivity index (χ2v) is 6.44. The number of hydrogen-bond acceptors (Lipinski definition) is 3. The number of carbonyl (C=O) groups excluding carboxylic acids is 1. The Kier molecular flexibility index (Phi) is 4.57. The number of carbonyl (C=O) groups is 1. The molecule has 2 N–H and O–H groups in total. The molecule has 0 saturated heterocycles. The van der Waals surface area contributed by atoms with Crippen molar-refractivity contribution in [1.29, 1.82) is 0 Å². The van der Waals surface area contributed by atoms with Crippen LogP contribution in [0.1, 0.15) is 30.6 Å². The molecule has 23 heavy (non-hydrogen) atoms. The number of fused-ring (bicyclic) bond motifs is 1. The maximum atomic E-state index is 12.2. The van der Waals surface area contributed by atoms with E-state index in [1.54, 1.807) is 11.9 Å². The molecule has 2 atom stereocenters. The first-order valence-electron chi connectivity index (χ1n) is 8.20. The molecule has 2 aromatic rings. The zero-order valence-electron chi connectivity index (χ0n) is 13.7. The highest BCUT2D eigenvalue weighted by Gasteiger charge is 2.27. The van der Waals surface area contributed by atoms with Gasteiger partial charge >= 0.3 is 6.03 Å². The highest BCUT2D eigenvalue weighted by atomic mass is 16.3. The van der Waals surface area contributed by atoms with Crippen molar-refractivity contribution in [2.24, 2.45) is 5.92 Å². The fraction of sp³-hybridized carbons (Fsp3) is 0.500. The van der Waals surface area contributed by atoms with Gasteiger partial charge in [0.05, 0.1) is 12.6 Å². The van der Waals surface area contributed by atoms with Gasteiger partial charge in [0.2, 0.25) is 0 Å². The van der Waals surface area contributed by atoms with E-state index >= 15 is 0 Å². The van der Waals surface area contributed by atoms with Crippen LogP contribution in [0.25, 0.3) is 11.0 Å². The van der Waals surface area contributed by atoms with E-state index < -0.39 is 0 Å². The SMILES string of the molecule is Cc1c(CNC(=O)N(C)CC2CCCC2O)oc2ccccc12. The summed E-state index contributed by atoms with van der Waals surface area (Å²) in [6.45, 7) is 2.97. The number of amides is 2. The van der Waals surface area contributed by atoms with Gasteiger partial charge in [-0.3, -0.25) is 0 Å². The summed E-state index contributed by atoms with van der Waals surface area (Å²) < 4.78 is 5.81. The summed E-state index contributed by atoms with van der Waals surface area (Å²) in [5.41, 5.74) is 1.91. The predicted octanol–water partition coefficient (Wildman–Crippen LogP) is 3.04. The quantitative estimate of drug-likeness (QED) is 0.911. The Labute approximate surface area is 136 Å². The fourth-order valence-corrected chi connectivity index (χ4v) is 3.35. The third kappa shape index (κ3) is 3.34. The van der Waals surface area contributed by atoms with Gasteiger partial charge in [0, 0.05) is 30.5 Å². The van der Waals surface area contributed by atoms with Crippen molar-refractivity contribution in [2.45, 2.75) is 38.8 Å². The number of furan rings is 1. The minimum absolute atomic E-state index is 0.135. The number of aliphatic hydroxyl groups excluding tert-OH is 1. The molecule has 1 fully saturated rings. The van der Waals surface area contributed by atoms with Crippen LogP contribution in [-0.2, 0) is 6.54 Å². The van der Waals surface area contributed by atoms with Crippen LogP contribution in [0.2, 0.25) is 0 Å². The lowest BCUT2D eigenvalue weighted by Gasteiger charge is -2.23. The van der Waals surface area contributed by atoms with Crippen molar-refractivity contribution >= 4 is 17.0 Å². The molecule has 5 heteroatoms. The normalized spacial score (nSPS) is 20.8. The summed E-state index contributed by atoms with van der Waals surface area (Å²) in [7, 11) is 1.77. The van der Waals surface area contributed by atoms with Gasteiger partial charge < -0.3 is 19.7 Å². The van der Waals surface area contributed by atoms with Gasteiger partial charge in [0.1, 0.15) is 11.3 Å². The summed E-state index contributed by atoms with van der Waals surface area (Å²) in [5.74, 6) is 0.979. The van der Waals surface area contributed by atoms with Gasteiger partial charge in [0.25, 0.3) is 0 Å². The number of nitrogens with one attached hydrogen (secondary N) is 1. The zero-order chi connectivity index (χ0) is 16.4. The molecule has 0 spiro atoms. The molecule has 0 radical (unpaired) electrons.